The van der Waals surface area contributed by atoms with Gasteiger partial charge in [0.1, 0.15) is 18.1 Å². The molecule has 1 aliphatic heterocycles. The van der Waals surface area contributed by atoms with E-state index < -0.39 is 18.0 Å². The number of esters is 1. The van der Waals surface area contributed by atoms with E-state index in [0.29, 0.717) is 34.4 Å². The zero-order valence-electron chi connectivity index (χ0n) is 16.9. The zero-order valence-corrected chi connectivity index (χ0v) is 17.6. The standard InChI is InChI=1S/C22H24ClNO6/c1-14(21(25)24-19-12-16(23)7-10-20(19)27-2)30-22(26)15-5-8-17(9-6-15)29-13-18-4-3-11-28-18/h5-10,12,14,18H,3-4,11,13H2,1-2H3,(H,24,25). The Balaban J connectivity index is 1.53. The summed E-state index contributed by atoms with van der Waals surface area (Å²) in [5, 5.41) is 3.10. The molecular formula is C22H24ClNO6. The van der Waals surface area contributed by atoms with Gasteiger partial charge in [-0.25, -0.2) is 4.79 Å². The van der Waals surface area contributed by atoms with Gasteiger partial charge in [0.2, 0.25) is 0 Å². The fourth-order valence-corrected chi connectivity index (χ4v) is 3.12. The summed E-state index contributed by atoms with van der Waals surface area (Å²) in [6.45, 7) is 2.74. The lowest BCUT2D eigenvalue weighted by atomic mass is 10.2. The summed E-state index contributed by atoms with van der Waals surface area (Å²) in [6.07, 6.45) is 1.14. The van der Waals surface area contributed by atoms with Gasteiger partial charge in [-0.05, 0) is 62.2 Å². The molecule has 0 aromatic heterocycles. The molecule has 0 saturated carbocycles. The molecular weight excluding hydrogens is 410 g/mol. The van der Waals surface area contributed by atoms with Crippen molar-refractivity contribution in [1.82, 2.24) is 0 Å². The van der Waals surface area contributed by atoms with Crippen LogP contribution < -0.4 is 14.8 Å². The summed E-state index contributed by atoms with van der Waals surface area (Å²) in [7, 11) is 1.48. The highest BCUT2D eigenvalue weighted by Crippen LogP contribution is 2.28. The number of halogens is 1. The van der Waals surface area contributed by atoms with Gasteiger partial charge in [-0.2, -0.15) is 0 Å². The lowest BCUT2D eigenvalue weighted by Crippen LogP contribution is -2.30. The van der Waals surface area contributed by atoms with Gasteiger partial charge in [-0.15, -0.1) is 0 Å². The third kappa shape index (κ3) is 5.87. The number of rotatable bonds is 8. The van der Waals surface area contributed by atoms with E-state index in [1.165, 1.54) is 14.0 Å². The molecule has 1 amide bonds. The quantitative estimate of drug-likeness (QED) is 0.631. The number of benzene rings is 2. The van der Waals surface area contributed by atoms with E-state index >= 15 is 0 Å². The predicted molar refractivity (Wildman–Crippen MR) is 112 cm³/mol. The van der Waals surface area contributed by atoms with Crippen LogP contribution in [0.5, 0.6) is 11.5 Å². The molecule has 0 radical (unpaired) electrons. The molecule has 30 heavy (non-hydrogen) atoms. The van der Waals surface area contributed by atoms with Crippen molar-refractivity contribution in [2.45, 2.75) is 32.0 Å². The van der Waals surface area contributed by atoms with Gasteiger partial charge in [0.15, 0.2) is 6.10 Å². The van der Waals surface area contributed by atoms with Gasteiger partial charge in [0, 0.05) is 11.6 Å². The van der Waals surface area contributed by atoms with Crippen LogP contribution in [0.2, 0.25) is 5.02 Å². The summed E-state index contributed by atoms with van der Waals surface area (Å²) < 4.78 is 21.7. The first-order valence-corrected chi connectivity index (χ1v) is 10.0. The first-order valence-electron chi connectivity index (χ1n) is 9.66. The topological polar surface area (TPSA) is 83.1 Å². The van der Waals surface area contributed by atoms with Crippen LogP contribution in [0.15, 0.2) is 42.5 Å². The normalized spacial score (nSPS) is 16.6. The van der Waals surface area contributed by atoms with Crippen LogP contribution in [0.1, 0.15) is 30.1 Å². The van der Waals surface area contributed by atoms with Gasteiger partial charge < -0.3 is 24.3 Å². The van der Waals surface area contributed by atoms with Crippen LogP contribution >= 0.6 is 11.6 Å². The fraction of sp³-hybridized carbons (Fsp3) is 0.364. The second-order valence-electron chi connectivity index (χ2n) is 6.85. The molecule has 0 spiro atoms. The van der Waals surface area contributed by atoms with Crippen LogP contribution in [0.3, 0.4) is 0 Å². The van der Waals surface area contributed by atoms with Crippen molar-refractivity contribution in [3.8, 4) is 11.5 Å². The van der Waals surface area contributed by atoms with Gasteiger partial charge in [0.05, 0.1) is 24.5 Å². The summed E-state index contributed by atoms with van der Waals surface area (Å²) in [5.74, 6) is -0.0208. The molecule has 1 saturated heterocycles. The first-order chi connectivity index (χ1) is 14.5. The highest BCUT2D eigenvalue weighted by molar-refractivity contribution is 6.31. The number of amides is 1. The third-order valence-electron chi connectivity index (χ3n) is 4.62. The molecule has 8 heteroatoms. The molecule has 2 atom stereocenters. The highest BCUT2D eigenvalue weighted by atomic mass is 35.5. The monoisotopic (exact) mass is 433 g/mol. The second kappa shape index (κ2) is 10.3. The maximum absolute atomic E-state index is 12.4. The number of hydrogen-bond acceptors (Lipinski definition) is 6. The average Bonchev–Trinajstić information content (AvgIpc) is 3.26. The van der Waals surface area contributed by atoms with Crippen LogP contribution in [-0.2, 0) is 14.3 Å². The molecule has 3 rings (SSSR count). The van der Waals surface area contributed by atoms with E-state index in [1.54, 1.807) is 42.5 Å². The van der Waals surface area contributed by atoms with E-state index in [2.05, 4.69) is 5.32 Å². The Morgan fingerprint density at radius 2 is 2.00 bits per heavy atom. The Kier molecular flexibility index (Phi) is 7.54. The van der Waals surface area contributed by atoms with E-state index in [1.807, 2.05) is 0 Å². The number of nitrogens with one attached hydrogen (secondary N) is 1. The summed E-state index contributed by atoms with van der Waals surface area (Å²) in [6, 6.07) is 11.4. The molecule has 0 bridgehead atoms. The minimum Gasteiger partial charge on any atom is -0.495 e. The van der Waals surface area contributed by atoms with Crippen LogP contribution in [-0.4, -0.2) is 44.4 Å². The Morgan fingerprint density at radius 1 is 1.23 bits per heavy atom. The molecule has 160 valence electrons. The second-order valence-corrected chi connectivity index (χ2v) is 7.29. The number of ether oxygens (including phenoxy) is 4. The van der Waals surface area contributed by atoms with Crippen molar-refractivity contribution in [3.05, 3.63) is 53.1 Å². The van der Waals surface area contributed by atoms with E-state index in [-0.39, 0.29) is 6.10 Å². The largest absolute Gasteiger partial charge is 0.495 e. The van der Waals surface area contributed by atoms with E-state index in [4.69, 9.17) is 30.5 Å². The molecule has 2 aromatic rings. The molecule has 1 N–H and O–H groups in total. The predicted octanol–water partition coefficient (Wildman–Crippen LogP) is 4.09. The highest BCUT2D eigenvalue weighted by Gasteiger charge is 2.21. The van der Waals surface area contributed by atoms with Crippen LogP contribution in [0.4, 0.5) is 5.69 Å². The fourth-order valence-electron chi connectivity index (χ4n) is 2.95. The van der Waals surface area contributed by atoms with Crippen LogP contribution in [0.25, 0.3) is 0 Å². The summed E-state index contributed by atoms with van der Waals surface area (Å²) in [4.78, 5) is 24.8. The number of methoxy groups -OCH3 is 1. The Bertz CT molecular complexity index is 880. The summed E-state index contributed by atoms with van der Waals surface area (Å²) in [5.41, 5.74) is 0.713. The van der Waals surface area contributed by atoms with Crippen molar-refractivity contribution < 1.29 is 28.5 Å². The molecule has 2 aromatic carbocycles. The third-order valence-corrected chi connectivity index (χ3v) is 4.86. The lowest BCUT2D eigenvalue weighted by Gasteiger charge is -2.16. The van der Waals surface area contributed by atoms with E-state index in [9.17, 15) is 9.59 Å². The first kappa shape index (κ1) is 21.9. The minimum absolute atomic E-state index is 0.118. The SMILES string of the molecule is COc1ccc(Cl)cc1NC(=O)C(C)OC(=O)c1ccc(OCC2CCCO2)cc1. The van der Waals surface area contributed by atoms with Gasteiger partial charge in [-0.3, -0.25) is 4.79 Å². The Labute approximate surface area is 180 Å². The number of carbonyl (C=O) groups is 2. The Hall–Kier alpha value is -2.77. The van der Waals surface area contributed by atoms with Crippen molar-refractivity contribution in [2.75, 3.05) is 25.6 Å². The minimum atomic E-state index is -1.02. The van der Waals surface area contributed by atoms with Crippen LogP contribution in [0, 0.1) is 0 Å². The van der Waals surface area contributed by atoms with E-state index in [0.717, 1.165) is 19.4 Å². The average molecular weight is 434 g/mol. The molecule has 1 aliphatic rings. The van der Waals surface area contributed by atoms with Gasteiger partial charge >= 0.3 is 5.97 Å². The molecule has 1 fully saturated rings. The number of carbonyl (C=O) groups excluding carboxylic acids is 2. The molecule has 0 aliphatic carbocycles. The molecule has 2 unspecified atom stereocenters. The smallest absolute Gasteiger partial charge is 0.338 e. The lowest BCUT2D eigenvalue weighted by molar-refractivity contribution is -0.123. The molecule has 1 heterocycles. The zero-order chi connectivity index (χ0) is 21.5. The maximum Gasteiger partial charge on any atom is 0.338 e. The van der Waals surface area contributed by atoms with Crippen molar-refractivity contribution in [1.29, 1.82) is 0 Å². The maximum atomic E-state index is 12.4. The Morgan fingerprint density at radius 3 is 2.67 bits per heavy atom. The summed E-state index contributed by atoms with van der Waals surface area (Å²) >= 11 is 5.96. The van der Waals surface area contributed by atoms with Gasteiger partial charge in [0.25, 0.3) is 5.91 Å². The van der Waals surface area contributed by atoms with Gasteiger partial charge in [-0.1, -0.05) is 11.6 Å². The number of hydrogen-bond donors (Lipinski definition) is 1. The molecule has 7 nitrogen and oxygen atoms in total. The number of anilines is 1. The van der Waals surface area contributed by atoms with Crippen molar-refractivity contribution in [3.63, 3.8) is 0 Å². The van der Waals surface area contributed by atoms with Crippen molar-refractivity contribution in [2.24, 2.45) is 0 Å². The van der Waals surface area contributed by atoms with Crippen molar-refractivity contribution >= 4 is 29.2 Å².